The van der Waals surface area contributed by atoms with Gasteiger partial charge in [0.05, 0.1) is 12.4 Å². The molecule has 0 spiro atoms. The summed E-state index contributed by atoms with van der Waals surface area (Å²) in [5.74, 6) is -4.46. The molecule has 0 aliphatic carbocycles. The molecule has 200 valence electrons. The van der Waals surface area contributed by atoms with Crippen molar-refractivity contribution in [2.75, 3.05) is 18.9 Å². The van der Waals surface area contributed by atoms with Gasteiger partial charge in [-0.05, 0) is 18.8 Å². The molecule has 0 saturated carbocycles. The Morgan fingerprint density at radius 3 is 1.27 bits per heavy atom. The van der Waals surface area contributed by atoms with E-state index in [1.807, 2.05) is 0 Å². The van der Waals surface area contributed by atoms with Crippen LogP contribution in [0.4, 0.5) is 61.5 Å². The standard InChI is InChI=1S/C14H17F14NO3S/c15-9(11(17,18)19,12(20,21)22)6-8(2-1-5-33(31,32)29-3-4-30)7-10(16,13(23,24)25)14(26,27)28/h8,29-30H,1-7H2. The molecule has 0 aliphatic heterocycles. The van der Waals surface area contributed by atoms with E-state index < -0.39 is 96.6 Å². The quantitative estimate of drug-likeness (QED) is 0.369. The first kappa shape index (κ1) is 31.9. The lowest BCUT2D eigenvalue weighted by atomic mass is 9.80. The minimum absolute atomic E-state index is 0.628. The summed E-state index contributed by atoms with van der Waals surface area (Å²) >= 11 is 0. The number of aliphatic hydroxyl groups is 1. The van der Waals surface area contributed by atoms with Gasteiger partial charge in [0, 0.05) is 19.4 Å². The third-order valence-corrected chi connectivity index (χ3v) is 5.87. The number of sulfonamides is 1. The van der Waals surface area contributed by atoms with Crippen LogP contribution in [0.15, 0.2) is 0 Å². The minimum Gasteiger partial charge on any atom is -0.395 e. The predicted octanol–water partition coefficient (Wildman–Crippen LogP) is 4.74. The molecular weight excluding hydrogens is 528 g/mol. The molecule has 0 amide bonds. The van der Waals surface area contributed by atoms with Crippen molar-refractivity contribution in [3.05, 3.63) is 0 Å². The number of alkyl halides is 14. The molecule has 0 rings (SSSR count). The second-order valence-electron chi connectivity index (χ2n) is 6.95. The van der Waals surface area contributed by atoms with E-state index in [0.29, 0.717) is 0 Å². The lowest BCUT2D eigenvalue weighted by molar-refractivity contribution is -0.356. The first-order valence-corrected chi connectivity index (χ1v) is 10.2. The lowest BCUT2D eigenvalue weighted by Gasteiger charge is -2.37. The van der Waals surface area contributed by atoms with Gasteiger partial charge in [-0.25, -0.2) is 21.9 Å². The van der Waals surface area contributed by atoms with Gasteiger partial charge in [0.1, 0.15) is 0 Å². The Morgan fingerprint density at radius 1 is 0.667 bits per heavy atom. The summed E-state index contributed by atoms with van der Waals surface area (Å²) in [5.41, 5.74) is -12.6. The Bertz CT molecular complexity index is 657. The van der Waals surface area contributed by atoms with Gasteiger partial charge < -0.3 is 5.11 Å². The van der Waals surface area contributed by atoms with Crippen LogP contribution >= 0.6 is 0 Å². The predicted molar refractivity (Wildman–Crippen MR) is 82.7 cm³/mol. The van der Waals surface area contributed by atoms with Crippen molar-refractivity contribution in [1.82, 2.24) is 4.72 Å². The summed E-state index contributed by atoms with van der Waals surface area (Å²) in [5, 5.41) is 8.47. The number of aliphatic hydroxyl groups excluding tert-OH is 1. The monoisotopic (exact) mass is 545 g/mol. The van der Waals surface area contributed by atoms with Gasteiger partial charge in [0.15, 0.2) is 0 Å². The number of nitrogens with one attached hydrogen (secondary N) is 1. The molecule has 0 atom stereocenters. The number of hydrogen-bond donors (Lipinski definition) is 2. The first-order valence-electron chi connectivity index (χ1n) is 8.57. The molecular formula is C14H17F14NO3S. The normalized spacial score (nSPS) is 15.4. The average Bonchev–Trinajstić information content (AvgIpc) is 2.55. The highest BCUT2D eigenvalue weighted by Gasteiger charge is 2.75. The topological polar surface area (TPSA) is 66.4 Å². The zero-order chi connectivity index (χ0) is 26.7. The van der Waals surface area contributed by atoms with E-state index >= 15 is 0 Å². The highest BCUT2D eigenvalue weighted by Crippen LogP contribution is 2.54. The number of halogens is 14. The Morgan fingerprint density at radius 2 is 1.00 bits per heavy atom. The van der Waals surface area contributed by atoms with E-state index in [0.717, 1.165) is 0 Å². The molecule has 0 heterocycles. The Balaban J connectivity index is 6.15. The Labute approximate surface area is 177 Å². The molecule has 0 unspecified atom stereocenters. The molecule has 19 heteroatoms. The molecule has 0 aliphatic rings. The largest absolute Gasteiger partial charge is 0.431 e. The van der Waals surface area contributed by atoms with E-state index in [1.165, 1.54) is 0 Å². The molecule has 4 nitrogen and oxygen atoms in total. The van der Waals surface area contributed by atoms with Crippen molar-refractivity contribution in [3.63, 3.8) is 0 Å². The molecule has 2 N–H and O–H groups in total. The van der Waals surface area contributed by atoms with Gasteiger partial charge in [-0.3, -0.25) is 0 Å². The summed E-state index contributed by atoms with van der Waals surface area (Å²) in [6, 6.07) is 0. The van der Waals surface area contributed by atoms with Crippen LogP contribution < -0.4 is 4.72 Å². The second-order valence-corrected chi connectivity index (χ2v) is 8.87. The van der Waals surface area contributed by atoms with Crippen molar-refractivity contribution in [3.8, 4) is 0 Å². The molecule has 0 aromatic heterocycles. The van der Waals surface area contributed by atoms with Crippen LogP contribution in [0.1, 0.15) is 25.7 Å². The van der Waals surface area contributed by atoms with E-state index in [9.17, 15) is 69.9 Å². The summed E-state index contributed by atoms with van der Waals surface area (Å²) in [6.45, 7) is -1.40. The fourth-order valence-electron chi connectivity index (χ4n) is 2.69. The lowest BCUT2D eigenvalue weighted by Crippen LogP contribution is -2.57. The van der Waals surface area contributed by atoms with Crippen molar-refractivity contribution < 1.29 is 75.0 Å². The van der Waals surface area contributed by atoms with Crippen LogP contribution in [-0.4, -0.2) is 68.5 Å². The maximum absolute atomic E-state index is 14.0. The van der Waals surface area contributed by atoms with E-state index in [1.54, 1.807) is 4.72 Å². The van der Waals surface area contributed by atoms with Crippen LogP contribution in [-0.2, 0) is 10.0 Å². The molecule has 33 heavy (non-hydrogen) atoms. The highest BCUT2D eigenvalue weighted by molar-refractivity contribution is 7.89. The molecule has 0 radical (unpaired) electrons. The third kappa shape index (κ3) is 7.97. The second kappa shape index (κ2) is 10.2. The summed E-state index contributed by atoms with van der Waals surface area (Å²) in [7, 11) is -4.43. The zero-order valence-electron chi connectivity index (χ0n) is 16.0. The minimum atomic E-state index is -6.85. The smallest absolute Gasteiger partial charge is 0.395 e. The van der Waals surface area contributed by atoms with Crippen LogP contribution in [0.2, 0.25) is 0 Å². The van der Waals surface area contributed by atoms with Gasteiger partial charge in [-0.2, -0.15) is 52.7 Å². The molecule has 0 fully saturated rings. The van der Waals surface area contributed by atoms with Crippen molar-refractivity contribution in [2.24, 2.45) is 5.92 Å². The van der Waals surface area contributed by atoms with Crippen LogP contribution in [0.5, 0.6) is 0 Å². The van der Waals surface area contributed by atoms with Crippen LogP contribution in [0, 0.1) is 5.92 Å². The van der Waals surface area contributed by atoms with Gasteiger partial charge in [-0.15, -0.1) is 0 Å². The van der Waals surface area contributed by atoms with E-state index in [2.05, 4.69) is 0 Å². The first-order chi connectivity index (χ1) is 14.3. The Kier molecular flexibility index (Phi) is 9.90. The van der Waals surface area contributed by atoms with Gasteiger partial charge >= 0.3 is 24.7 Å². The van der Waals surface area contributed by atoms with E-state index in [4.69, 9.17) is 5.11 Å². The van der Waals surface area contributed by atoms with Crippen LogP contribution in [0.3, 0.4) is 0 Å². The van der Waals surface area contributed by atoms with Crippen molar-refractivity contribution in [2.45, 2.75) is 61.7 Å². The molecule has 0 aromatic rings. The van der Waals surface area contributed by atoms with Gasteiger partial charge in [-0.1, -0.05) is 0 Å². The maximum Gasteiger partial charge on any atom is 0.431 e. The van der Waals surface area contributed by atoms with E-state index in [-0.39, 0.29) is 0 Å². The van der Waals surface area contributed by atoms with Gasteiger partial charge in [0.25, 0.3) is 11.3 Å². The highest BCUT2D eigenvalue weighted by atomic mass is 32.2. The van der Waals surface area contributed by atoms with Gasteiger partial charge in [0.2, 0.25) is 10.0 Å². The summed E-state index contributed by atoms with van der Waals surface area (Å²) in [6.07, 6.45) is -36.3. The molecule has 0 aromatic carbocycles. The fourth-order valence-corrected chi connectivity index (χ4v) is 3.78. The molecule has 0 saturated heterocycles. The zero-order valence-corrected chi connectivity index (χ0v) is 16.8. The van der Waals surface area contributed by atoms with Crippen molar-refractivity contribution >= 4 is 10.0 Å². The molecule has 0 bridgehead atoms. The third-order valence-electron chi connectivity index (χ3n) is 4.40. The number of hydrogen-bond acceptors (Lipinski definition) is 3. The Hall–Kier alpha value is -1.11. The maximum atomic E-state index is 14.0. The SMILES string of the molecule is O=S(=O)(CCCC(CC(F)(C(F)(F)F)C(F)(F)F)CC(F)(C(F)(F)F)C(F)(F)F)NCCO. The fraction of sp³-hybridized carbons (Fsp3) is 1.00. The average molecular weight is 545 g/mol. The van der Waals surface area contributed by atoms with Crippen molar-refractivity contribution in [1.29, 1.82) is 0 Å². The van der Waals surface area contributed by atoms with Crippen LogP contribution in [0.25, 0.3) is 0 Å². The number of rotatable bonds is 11. The summed E-state index contributed by atoms with van der Waals surface area (Å²) < 4.78 is 206. The summed E-state index contributed by atoms with van der Waals surface area (Å²) in [4.78, 5) is 0.